The van der Waals surface area contributed by atoms with Gasteiger partial charge in [-0.1, -0.05) is 6.07 Å². The Kier molecular flexibility index (Phi) is 9.88. The number of halogens is 2. The van der Waals surface area contributed by atoms with Crippen molar-refractivity contribution in [2.75, 3.05) is 43.7 Å². The van der Waals surface area contributed by atoms with Gasteiger partial charge >= 0.3 is 0 Å². The first-order valence-corrected chi connectivity index (χ1v) is 14.7. The molecule has 0 radical (unpaired) electrons. The van der Waals surface area contributed by atoms with Crippen LogP contribution < -0.4 is 4.90 Å². The quantitative estimate of drug-likeness (QED) is 0.295. The highest BCUT2D eigenvalue weighted by atomic mass is 79.9. The molecule has 182 valence electrons. The van der Waals surface area contributed by atoms with Crippen molar-refractivity contribution in [3.05, 3.63) is 50.4 Å². The Hall–Kier alpha value is -1.51. The maximum Gasteiger partial charge on any atom is 0.264 e. The van der Waals surface area contributed by atoms with Crippen molar-refractivity contribution in [1.29, 1.82) is 0 Å². The number of hydrogen-bond donors (Lipinski definition) is 1. The van der Waals surface area contributed by atoms with Gasteiger partial charge in [-0.25, -0.2) is 0 Å². The third-order valence-corrected chi connectivity index (χ3v) is 6.69. The number of aliphatic imine (C=N–C) groups is 1. The normalized spacial score (nSPS) is 12.4. The second-order valence-electron chi connectivity index (χ2n) is 7.10. The molecule has 0 heterocycles. The Balaban J connectivity index is 2.20. The maximum atomic E-state index is 11.3. The number of phenolic OH excluding ortho intramolecular Hbond substituents is 1. The van der Waals surface area contributed by atoms with Gasteiger partial charge in [-0.15, -0.1) is 0 Å². The first-order chi connectivity index (χ1) is 15.2. The van der Waals surface area contributed by atoms with Crippen LogP contribution in [0.15, 0.2) is 44.3 Å². The molecule has 0 aromatic heterocycles. The van der Waals surface area contributed by atoms with E-state index in [0.29, 0.717) is 14.6 Å². The molecule has 13 heteroatoms. The van der Waals surface area contributed by atoms with Crippen LogP contribution in [0.5, 0.6) is 5.75 Å². The Morgan fingerprint density at radius 2 is 1.48 bits per heavy atom. The zero-order valence-corrected chi connectivity index (χ0v) is 23.0. The summed E-state index contributed by atoms with van der Waals surface area (Å²) in [6.07, 6.45) is 3.62. The van der Waals surface area contributed by atoms with Crippen LogP contribution in [0.1, 0.15) is 11.1 Å². The zero-order valence-electron chi connectivity index (χ0n) is 18.2. The Labute approximate surface area is 210 Å². The highest BCUT2D eigenvalue weighted by Crippen LogP contribution is 2.36. The van der Waals surface area contributed by atoms with Crippen LogP contribution in [0.4, 0.5) is 11.4 Å². The van der Waals surface area contributed by atoms with Crippen molar-refractivity contribution < 1.29 is 30.3 Å². The van der Waals surface area contributed by atoms with E-state index in [1.54, 1.807) is 23.2 Å². The lowest BCUT2D eigenvalue weighted by molar-refractivity contribution is 0.309. The summed E-state index contributed by atoms with van der Waals surface area (Å²) in [5.74, 6) is 0.0919. The smallest absolute Gasteiger partial charge is 0.264 e. The van der Waals surface area contributed by atoms with Crippen LogP contribution in [-0.4, -0.2) is 67.0 Å². The molecule has 1 N–H and O–H groups in total. The van der Waals surface area contributed by atoms with Gasteiger partial charge in [-0.2, -0.15) is 16.8 Å². The molecule has 0 amide bonds. The molecular weight excluding hydrogens is 604 g/mol. The lowest BCUT2D eigenvalue weighted by atomic mass is 10.1. The Bertz CT molecular complexity index is 1170. The highest BCUT2D eigenvalue weighted by molar-refractivity contribution is 9.11. The van der Waals surface area contributed by atoms with Crippen LogP contribution in [0, 0.1) is 6.92 Å². The lowest BCUT2D eigenvalue weighted by Crippen LogP contribution is -2.32. The highest BCUT2D eigenvalue weighted by Gasteiger charge is 2.12. The van der Waals surface area contributed by atoms with E-state index in [1.165, 1.54) is 0 Å². The summed E-state index contributed by atoms with van der Waals surface area (Å²) < 4.78 is 55.7. The Morgan fingerprint density at radius 3 is 1.94 bits per heavy atom. The van der Waals surface area contributed by atoms with E-state index in [2.05, 4.69) is 36.9 Å². The van der Waals surface area contributed by atoms with Crippen LogP contribution in [0.2, 0.25) is 0 Å². The van der Waals surface area contributed by atoms with Crippen molar-refractivity contribution in [3.8, 4) is 5.75 Å². The van der Waals surface area contributed by atoms with Crippen molar-refractivity contribution in [3.63, 3.8) is 0 Å². The topological polar surface area (TPSA) is 123 Å². The van der Waals surface area contributed by atoms with Crippen molar-refractivity contribution in [2.45, 2.75) is 6.92 Å². The van der Waals surface area contributed by atoms with Gasteiger partial charge in [-0.05, 0) is 74.2 Å². The number of nitrogens with zero attached hydrogens (tertiary/aromatic N) is 2. The van der Waals surface area contributed by atoms with Gasteiger partial charge in [-0.3, -0.25) is 13.4 Å². The SMILES string of the molecule is Cc1cc(N(CCOS(C)(=O)=O)CCOS(C)(=O)=O)ccc1C=Nc1cc(Br)c(O)c(Br)c1. The van der Waals surface area contributed by atoms with Crippen LogP contribution in [0.3, 0.4) is 0 Å². The molecule has 2 rings (SSSR count). The molecule has 0 bridgehead atoms. The molecule has 0 aliphatic carbocycles. The largest absolute Gasteiger partial charge is 0.506 e. The monoisotopic (exact) mass is 626 g/mol. The molecular formula is C20H24Br2N2O7S2. The summed E-state index contributed by atoms with van der Waals surface area (Å²) in [7, 11) is -7.19. The van der Waals surface area contributed by atoms with Gasteiger partial charge in [0.1, 0.15) is 5.75 Å². The second-order valence-corrected chi connectivity index (χ2v) is 12.1. The molecule has 33 heavy (non-hydrogen) atoms. The van der Waals surface area contributed by atoms with Gasteiger partial charge in [0.25, 0.3) is 20.2 Å². The fourth-order valence-corrected chi connectivity index (χ4v) is 4.66. The van der Waals surface area contributed by atoms with Gasteiger partial charge in [0.2, 0.25) is 0 Å². The standard InChI is InChI=1S/C20H24Br2N2O7S2/c1-14-10-17(24(6-8-30-32(2,26)27)7-9-31-33(3,28)29)5-4-15(14)13-23-16-11-18(21)20(25)19(22)12-16/h4-5,10-13,25H,6-9H2,1-3H3. The fourth-order valence-electron chi connectivity index (χ4n) is 2.74. The minimum atomic E-state index is -3.60. The number of hydrogen-bond acceptors (Lipinski definition) is 9. The molecule has 0 saturated heterocycles. The van der Waals surface area contributed by atoms with Crippen LogP contribution >= 0.6 is 31.9 Å². The van der Waals surface area contributed by atoms with Gasteiger partial charge in [0, 0.05) is 25.0 Å². The molecule has 0 aliphatic heterocycles. The summed E-state index contributed by atoms with van der Waals surface area (Å²) in [6, 6.07) is 8.92. The zero-order chi connectivity index (χ0) is 24.8. The average molecular weight is 628 g/mol. The number of aryl methyl sites for hydroxylation is 1. The molecule has 2 aromatic rings. The lowest BCUT2D eigenvalue weighted by Gasteiger charge is -2.25. The van der Waals surface area contributed by atoms with E-state index < -0.39 is 20.2 Å². The summed E-state index contributed by atoms with van der Waals surface area (Å²) in [5, 5.41) is 9.82. The number of phenols is 1. The summed E-state index contributed by atoms with van der Waals surface area (Å²) in [4.78, 5) is 6.22. The number of rotatable bonds is 11. The summed E-state index contributed by atoms with van der Waals surface area (Å²) >= 11 is 6.55. The molecule has 0 spiro atoms. The number of anilines is 1. The van der Waals surface area contributed by atoms with E-state index in [4.69, 9.17) is 8.37 Å². The van der Waals surface area contributed by atoms with E-state index in [0.717, 1.165) is 29.3 Å². The third-order valence-electron chi connectivity index (χ3n) is 4.29. The van der Waals surface area contributed by atoms with E-state index in [-0.39, 0.29) is 32.1 Å². The van der Waals surface area contributed by atoms with Crippen molar-refractivity contribution in [2.24, 2.45) is 4.99 Å². The minimum Gasteiger partial charge on any atom is -0.506 e. The predicted molar refractivity (Wildman–Crippen MR) is 136 cm³/mol. The van der Waals surface area contributed by atoms with E-state index in [9.17, 15) is 21.9 Å². The average Bonchev–Trinajstić information content (AvgIpc) is 2.68. The molecule has 0 aliphatic rings. The van der Waals surface area contributed by atoms with Crippen molar-refractivity contribution in [1.82, 2.24) is 0 Å². The number of benzene rings is 2. The van der Waals surface area contributed by atoms with Crippen LogP contribution in [0.25, 0.3) is 0 Å². The maximum absolute atomic E-state index is 11.3. The molecule has 0 saturated carbocycles. The Morgan fingerprint density at radius 1 is 0.970 bits per heavy atom. The van der Waals surface area contributed by atoms with Crippen LogP contribution in [-0.2, 0) is 28.6 Å². The molecule has 0 atom stereocenters. The molecule has 0 unspecified atom stereocenters. The minimum absolute atomic E-state index is 0.0919. The fraction of sp³-hybridized carbons (Fsp3) is 0.350. The second kappa shape index (κ2) is 11.8. The predicted octanol–water partition coefficient (Wildman–Crippen LogP) is 3.74. The molecule has 0 fully saturated rings. The molecule has 9 nitrogen and oxygen atoms in total. The first-order valence-electron chi connectivity index (χ1n) is 9.51. The first kappa shape index (κ1) is 27.7. The third kappa shape index (κ3) is 9.71. The van der Waals surface area contributed by atoms with E-state index >= 15 is 0 Å². The van der Waals surface area contributed by atoms with Gasteiger partial charge in [0.05, 0.1) is 40.4 Å². The van der Waals surface area contributed by atoms with Gasteiger partial charge in [0.15, 0.2) is 0 Å². The number of aromatic hydroxyl groups is 1. The molecule has 2 aromatic carbocycles. The summed E-state index contributed by atoms with van der Waals surface area (Å²) in [6.45, 7) is 2.13. The van der Waals surface area contributed by atoms with E-state index in [1.807, 2.05) is 25.1 Å². The van der Waals surface area contributed by atoms with Crippen molar-refractivity contribution >= 4 is 69.7 Å². The summed E-state index contributed by atoms with van der Waals surface area (Å²) in [5.41, 5.74) is 3.12. The van der Waals surface area contributed by atoms with Gasteiger partial charge < -0.3 is 10.0 Å².